The molecule has 41 heavy (non-hydrogen) atoms. The minimum atomic E-state index is -0.701. The first kappa shape index (κ1) is 26.4. The molecule has 0 spiro atoms. The van der Waals surface area contributed by atoms with Crippen LogP contribution >= 0.6 is 0 Å². The van der Waals surface area contributed by atoms with Crippen LogP contribution < -0.4 is 10.1 Å². The van der Waals surface area contributed by atoms with Crippen molar-refractivity contribution in [2.24, 2.45) is 0 Å². The van der Waals surface area contributed by atoms with Gasteiger partial charge in [-0.05, 0) is 58.0 Å². The van der Waals surface area contributed by atoms with E-state index in [0.29, 0.717) is 5.92 Å². The number of rotatable bonds is 8. The molecule has 1 heterocycles. The molecule has 6 aromatic rings. The maximum absolute atomic E-state index is 5.80. The van der Waals surface area contributed by atoms with E-state index in [0.717, 1.165) is 50.3 Å². The second-order valence-electron chi connectivity index (χ2n) is 10.7. The van der Waals surface area contributed by atoms with E-state index in [1.807, 2.05) is 7.05 Å². The van der Waals surface area contributed by atoms with Crippen molar-refractivity contribution in [3.05, 3.63) is 150 Å². The van der Waals surface area contributed by atoms with Crippen LogP contribution in [-0.2, 0) is 5.54 Å². The van der Waals surface area contributed by atoms with E-state index in [4.69, 9.17) is 9.84 Å². The van der Waals surface area contributed by atoms with E-state index in [1.54, 1.807) is 7.11 Å². The van der Waals surface area contributed by atoms with Gasteiger partial charge in [0.1, 0.15) is 11.3 Å². The topological polar surface area (TPSA) is 39.1 Å². The summed E-state index contributed by atoms with van der Waals surface area (Å²) in [5, 5.41) is 9.75. The number of nitrogens with one attached hydrogen (secondary N) is 1. The van der Waals surface area contributed by atoms with Crippen molar-refractivity contribution >= 4 is 16.7 Å². The van der Waals surface area contributed by atoms with Crippen LogP contribution in [-0.4, -0.2) is 23.9 Å². The van der Waals surface area contributed by atoms with Gasteiger partial charge in [0.25, 0.3) is 0 Å². The van der Waals surface area contributed by atoms with Gasteiger partial charge in [-0.1, -0.05) is 117 Å². The van der Waals surface area contributed by atoms with Crippen LogP contribution in [0.1, 0.15) is 42.0 Å². The number of hydrogen-bond acceptors (Lipinski definition) is 3. The largest absolute Gasteiger partial charge is 0.496 e. The monoisotopic (exact) mass is 537 g/mol. The van der Waals surface area contributed by atoms with E-state index >= 15 is 0 Å². The van der Waals surface area contributed by atoms with Crippen molar-refractivity contribution in [1.29, 1.82) is 0 Å². The van der Waals surface area contributed by atoms with Gasteiger partial charge in [-0.15, -0.1) is 0 Å². The van der Waals surface area contributed by atoms with Gasteiger partial charge in [-0.25, -0.2) is 4.68 Å². The fourth-order valence-corrected chi connectivity index (χ4v) is 5.94. The quantitative estimate of drug-likeness (QED) is 0.197. The van der Waals surface area contributed by atoms with Gasteiger partial charge in [0.2, 0.25) is 0 Å². The average molecular weight is 538 g/mol. The molecule has 0 bridgehead atoms. The standard InChI is InChI=1S/C37H35N3O/c1-26(2)27-21-23-35(41-4)32(24-27)28-20-22-34-33(25-28)36(38-3)39-40(34)37(29-14-8-5-9-15-29,30-16-10-6-11-17-30)31-18-12-7-13-19-31/h5-26H,1-4H3,(H,38,39). The molecule has 0 radical (unpaired) electrons. The van der Waals surface area contributed by atoms with Gasteiger partial charge in [0.15, 0.2) is 5.82 Å². The zero-order valence-electron chi connectivity index (χ0n) is 24.0. The molecular formula is C37H35N3O. The van der Waals surface area contributed by atoms with Crippen LogP contribution in [0.15, 0.2) is 127 Å². The molecule has 0 aliphatic carbocycles. The number of aromatic nitrogens is 2. The van der Waals surface area contributed by atoms with E-state index in [-0.39, 0.29) is 0 Å². The molecule has 0 amide bonds. The van der Waals surface area contributed by atoms with Crippen molar-refractivity contribution in [2.45, 2.75) is 25.3 Å². The second-order valence-corrected chi connectivity index (χ2v) is 10.7. The molecule has 0 atom stereocenters. The zero-order chi connectivity index (χ0) is 28.4. The molecule has 1 N–H and O–H groups in total. The molecule has 0 saturated carbocycles. The smallest absolute Gasteiger partial charge is 0.155 e. The molecule has 0 aliphatic rings. The Bertz CT molecular complexity index is 1680. The molecule has 0 saturated heterocycles. The minimum Gasteiger partial charge on any atom is -0.496 e. The third-order valence-corrected chi connectivity index (χ3v) is 8.01. The SMILES string of the molecule is CNc1nn(C(c2ccccc2)(c2ccccc2)c2ccccc2)c2ccc(-c3cc(C(C)C)ccc3OC)cc12. The van der Waals surface area contributed by atoms with Crippen LogP contribution in [0.4, 0.5) is 5.82 Å². The van der Waals surface area contributed by atoms with Gasteiger partial charge in [-0.2, -0.15) is 5.10 Å². The predicted molar refractivity (Wildman–Crippen MR) is 170 cm³/mol. The normalized spacial score (nSPS) is 11.6. The van der Waals surface area contributed by atoms with E-state index in [2.05, 4.69) is 151 Å². The van der Waals surface area contributed by atoms with Gasteiger partial charge in [-0.3, -0.25) is 0 Å². The highest BCUT2D eigenvalue weighted by atomic mass is 16.5. The summed E-state index contributed by atoms with van der Waals surface area (Å²) in [7, 11) is 3.67. The number of fused-ring (bicyclic) bond motifs is 1. The Kier molecular flexibility index (Phi) is 7.07. The summed E-state index contributed by atoms with van der Waals surface area (Å²) in [6.07, 6.45) is 0. The Morgan fingerprint density at radius 2 is 1.27 bits per heavy atom. The number of nitrogens with zero attached hydrogens (tertiary/aromatic N) is 2. The summed E-state index contributed by atoms with van der Waals surface area (Å²) >= 11 is 0. The Morgan fingerprint density at radius 1 is 0.707 bits per heavy atom. The number of hydrogen-bond donors (Lipinski definition) is 1. The first-order valence-electron chi connectivity index (χ1n) is 14.1. The Hall–Kier alpha value is -4.83. The Morgan fingerprint density at radius 3 is 1.76 bits per heavy atom. The van der Waals surface area contributed by atoms with Crippen molar-refractivity contribution < 1.29 is 4.74 Å². The second kappa shape index (κ2) is 11.0. The Balaban J connectivity index is 1.68. The molecule has 4 nitrogen and oxygen atoms in total. The number of methoxy groups -OCH3 is 1. The number of ether oxygens (including phenoxy) is 1. The van der Waals surface area contributed by atoms with Gasteiger partial charge >= 0.3 is 0 Å². The summed E-state index contributed by atoms with van der Waals surface area (Å²) in [4.78, 5) is 0. The maximum atomic E-state index is 5.80. The van der Waals surface area contributed by atoms with E-state index < -0.39 is 5.54 Å². The predicted octanol–water partition coefficient (Wildman–Crippen LogP) is 8.72. The van der Waals surface area contributed by atoms with Crippen LogP contribution in [0.5, 0.6) is 5.75 Å². The molecule has 0 unspecified atom stereocenters. The summed E-state index contributed by atoms with van der Waals surface area (Å²) in [5.41, 5.74) is 7.21. The number of anilines is 1. The highest BCUT2D eigenvalue weighted by molar-refractivity contribution is 5.95. The van der Waals surface area contributed by atoms with Gasteiger partial charge in [0, 0.05) is 18.0 Å². The molecule has 6 rings (SSSR count). The third-order valence-electron chi connectivity index (χ3n) is 8.01. The Labute approximate surface area is 242 Å². The maximum Gasteiger partial charge on any atom is 0.155 e. The molecule has 204 valence electrons. The molecule has 5 aromatic carbocycles. The first-order valence-corrected chi connectivity index (χ1v) is 14.1. The highest BCUT2D eigenvalue weighted by Gasteiger charge is 2.40. The van der Waals surface area contributed by atoms with E-state index in [9.17, 15) is 0 Å². The van der Waals surface area contributed by atoms with Crippen LogP contribution in [0.25, 0.3) is 22.0 Å². The first-order chi connectivity index (χ1) is 20.1. The number of benzene rings is 5. The molecule has 0 fully saturated rings. The average Bonchev–Trinajstić information content (AvgIpc) is 3.41. The molecule has 4 heteroatoms. The molecular weight excluding hydrogens is 502 g/mol. The summed E-state index contributed by atoms with van der Waals surface area (Å²) < 4.78 is 7.99. The summed E-state index contributed by atoms with van der Waals surface area (Å²) in [5.74, 6) is 2.11. The van der Waals surface area contributed by atoms with E-state index in [1.165, 1.54) is 5.56 Å². The third kappa shape index (κ3) is 4.46. The molecule has 0 aliphatic heterocycles. The summed E-state index contributed by atoms with van der Waals surface area (Å²) in [6.45, 7) is 4.43. The van der Waals surface area contributed by atoms with Gasteiger partial charge < -0.3 is 10.1 Å². The lowest BCUT2D eigenvalue weighted by molar-refractivity contribution is 0.416. The van der Waals surface area contributed by atoms with Crippen molar-refractivity contribution in [3.8, 4) is 16.9 Å². The minimum absolute atomic E-state index is 0.419. The molecule has 1 aromatic heterocycles. The fraction of sp³-hybridized carbons (Fsp3) is 0.162. The fourth-order valence-electron chi connectivity index (χ4n) is 5.94. The summed E-state index contributed by atoms with van der Waals surface area (Å²) in [6, 6.07) is 45.1. The van der Waals surface area contributed by atoms with Crippen molar-refractivity contribution in [3.63, 3.8) is 0 Å². The lowest BCUT2D eigenvalue weighted by Crippen LogP contribution is -2.38. The van der Waals surface area contributed by atoms with Crippen LogP contribution in [0.2, 0.25) is 0 Å². The van der Waals surface area contributed by atoms with Crippen molar-refractivity contribution in [2.75, 3.05) is 19.5 Å². The zero-order valence-corrected chi connectivity index (χ0v) is 24.0. The van der Waals surface area contributed by atoms with Gasteiger partial charge in [0.05, 0.1) is 12.6 Å². The highest BCUT2D eigenvalue weighted by Crippen LogP contribution is 2.44. The lowest BCUT2D eigenvalue weighted by Gasteiger charge is -2.37. The van der Waals surface area contributed by atoms with Crippen LogP contribution in [0, 0.1) is 0 Å². The van der Waals surface area contributed by atoms with Crippen LogP contribution in [0.3, 0.4) is 0 Å². The van der Waals surface area contributed by atoms with Crippen molar-refractivity contribution in [1.82, 2.24) is 9.78 Å². The lowest BCUT2D eigenvalue weighted by atomic mass is 9.77.